The summed E-state index contributed by atoms with van der Waals surface area (Å²) in [5.74, 6) is -0.00708. The van der Waals surface area contributed by atoms with E-state index in [9.17, 15) is 4.79 Å². The van der Waals surface area contributed by atoms with Crippen molar-refractivity contribution in [2.24, 2.45) is 5.92 Å². The van der Waals surface area contributed by atoms with E-state index < -0.39 is 9.76 Å². The molecule has 0 spiro atoms. The van der Waals surface area contributed by atoms with Gasteiger partial charge in [-0.3, -0.25) is 4.79 Å². The van der Waals surface area contributed by atoms with Crippen LogP contribution in [0.25, 0.3) is 0 Å². The number of rotatable bonds is 7. The highest BCUT2D eigenvalue weighted by molar-refractivity contribution is 6.30. The Morgan fingerprint density at radius 2 is 1.67 bits per heavy atom. The molecule has 0 unspecified atom stereocenters. The third kappa shape index (κ3) is 4.80. The third-order valence-electron chi connectivity index (χ3n) is 3.29. The maximum absolute atomic E-state index is 11.3. The first-order chi connectivity index (χ1) is 7.01. The van der Waals surface area contributed by atoms with Crippen LogP contribution < -0.4 is 0 Å². The molecule has 90 valence electrons. The predicted octanol–water partition coefficient (Wildman–Crippen LogP) is 1.10. The van der Waals surface area contributed by atoms with Crippen LogP contribution in [0.15, 0.2) is 0 Å². The molecule has 0 aromatic rings. The summed E-state index contributed by atoms with van der Waals surface area (Å²) in [5, 5.41) is 0. The van der Waals surface area contributed by atoms with Crippen molar-refractivity contribution in [2.45, 2.75) is 34.6 Å². The summed E-state index contributed by atoms with van der Waals surface area (Å²) >= 11 is 0. The lowest BCUT2D eigenvalue weighted by Crippen LogP contribution is -2.50. The van der Waals surface area contributed by atoms with E-state index in [1.807, 2.05) is 13.8 Å². The van der Waals surface area contributed by atoms with Gasteiger partial charge in [-0.2, -0.15) is 0 Å². The van der Waals surface area contributed by atoms with E-state index in [0.29, 0.717) is 0 Å². The lowest BCUT2D eigenvalue weighted by Gasteiger charge is -2.35. The number of quaternary nitrogens is 1. The molecule has 0 saturated heterocycles. The monoisotopic (exact) mass is 232 g/mol. The molecule has 4 heteroatoms. The van der Waals surface area contributed by atoms with Gasteiger partial charge in [0.1, 0.15) is 0 Å². The first-order valence-electron chi connectivity index (χ1n) is 6.03. The van der Waals surface area contributed by atoms with Crippen LogP contribution in [0.5, 0.6) is 0 Å². The molecule has 15 heavy (non-hydrogen) atoms. The van der Waals surface area contributed by atoms with Gasteiger partial charge in [0.15, 0.2) is 0 Å². The lowest BCUT2D eigenvalue weighted by atomic mass is 10.2. The fourth-order valence-electron chi connectivity index (χ4n) is 1.65. The fraction of sp³-hybridized carbons (Fsp3) is 0.909. The van der Waals surface area contributed by atoms with Crippen molar-refractivity contribution >= 4 is 15.7 Å². The topological polar surface area (TPSA) is 26.3 Å². The average Bonchev–Trinajstić information content (AvgIpc) is 2.24. The van der Waals surface area contributed by atoms with Crippen molar-refractivity contribution in [3.8, 4) is 0 Å². The molecule has 0 heterocycles. The zero-order chi connectivity index (χ0) is 11.9. The summed E-state index contributed by atoms with van der Waals surface area (Å²) in [7, 11) is -0.693. The number of carbonyl (C=O) groups excluding carboxylic acids is 1. The van der Waals surface area contributed by atoms with Gasteiger partial charge in [-0.25, -0.2) is 0 Å². The second-order valence-corrected chi connectivity index (χ2v) is 5.48. The Morgan fingerprint density at radius 1 is 1.20 bits per heavy atom. The van der Waals surface area contributed by atoms with E-state index in [4.69, 9.17) is 4.43 Å². The smallest absolute Gasteiger partial charge is 0.294 e. The van der Waals surface area contributed by atoms with Gasteiger partial charge in [-0.15, -0.1) is 0 Å². The number of carbonyl (C=O) groups is 1. The Hall–Kier alpha value is -0.353. The maximum atomic E-state index is 11.3. The Morgan fingerprint density at radius 3 is 2.00 bits per heavy atom. The normalized spacial score (nSPS) is 12.7. The molecule has 3 nitrogen and oxygen atoms in total. The van der Waals surface area contributed by atoms with Gasteiger partial charge in [0, 0.05) is 5.92 Å². The molecular formula is C11H26NO2Si+. The van der Waals surface area contributed by atoms with Crippen LogP contribution in [0, 0.1) is 5.92 Å². The van der Waals surface area contributed by atoms with E-state index in [-0.39, 0.29) is 11.9 Å². The summed E-state index contributed by atoms with van der Waals surface area (Å²) in [5.41, 5.74) is 0. The number of hydrogen-bond acceptors (Lipinski definition) is 2. The summed E-state index contributed by atoms with van der Waals surface area (Å²) in [6, 6.07) is 0. The molecule has 0 aliphatic rings. The van der Waals surface area contributed by atoms with E-state index in [1.165, 1.54) is 0 Å². The highest BCUT2D eigenvalue weighted by Gasteiger charge is 2.21. The second-order valence-electron chi connectivity index (χ2n) is 4.34. The van der Waals surface area contributed by atoms with Gasteiger partial charge in [0.25, 0.3) is 15.7 Å². The maximum Gasteiger partial charge on any atom is 0.294 e. The molecule has 0 fully saturated rings. The van der Waals surface area contributed by atoms with Gasteiger partial charge >= 0.3 is 0 Å². The van der Waals surface area contributed by atoms with Crippen LogP contribution in [0.2, 0.25) is 0 Å². The molecule has 0 atom stereocenters. The van der Waals surface area contributed by atoms with Gasteiger partial charge in [0.05, 0.1) is 25.8 Å². The van der Waals surface area contributed by atoms with Crippen LogP contribution in [-0.4, -0.2) is 46.0 Å². The zero-order valence-electron chi connectivity index (χ0n) is 10.9. The average molecular weight is 232 g/mol. The quantitative estimate of drug-likeness (QED) is 0.485. The zero-order valence-corrected chi connectivity index (χ0v) is 12.3. The molecule has 0 aliphatic heterocycles. The number of hydrogen-bond donors (Lipinski definition) is 0. The molecule has 0 aliphatic carbocycles. The summed E-state index contributed by atoms with van der Waals surface area (Å²) < 4.78 is 6.44. The highest BCUT2D eigenvalue weighted by atomic mass is 28.2. The molecule has 0 radical (unpaired) electrons. The van der Waals surface area contributed by atoms with Crippen LogP contribution >= 0.6 is 0 Å². The molecular weight excluding hydrogens is 206 g/mol. The Balaban J connectivity index is 3.96. The molecule has 0 bridgehead atoms. The molecule has 0 amide bonds. The van der Waals surface area contributed by atoms with E-state index >= 15 is 0 Å². The first-order valence-corrected chi connectivity index (χ1v) is 7.60. The Labute approximate surface area is 96.3 Å². The molecule has 0 N–H and O–H groups in total. The summed E-state index contributed by atoms with van der Waals surface area (Å²) in [6.45, 7) is 13.8. The predicted molar refractivity (Wildman–Crippen MR) is 66.2 cm³/mol. The van der Waals surface area contributed by atoms with Crippen molar-refractivity contribution in [1.82, 2.24) is 0 Å². The SMILES string of the molecule is CC[N+](CC)(CC)C[SiH2]OC(=O)C(C)C. The minimum atomic E-state index is -0.693. The van der Waals surface area contributed by atoms with Gasteiger partial charge < -0.3 is 8.91 Å². The molecule has 0 rings (SSSR count). The largest absolute Gasteiger partial charge is 0.518 e. The fourth-order valence-corrected chi connectivity index (χ4v) is 3.61. The molecule has 0 aromatic carbocycles. The standard InChI is InChI=1S/C11H26NO2Si/c1-6-12(7-2,8-3)9-15-14-11(13)10(4)5/h10H,6-9,15H2,1-5H3/q+1. The summed E-state index contributed by atoms with van der Waals surface area (Å²) in [6.07, 6.45) is 1.07. The second kappa shape index (κ2) is 7.01. The molecule has 0 saturated carbocycles. The van der Waals surface area contributed by atoms with E-state index in [0.717, 1.165) is 30.3 Å². The van der Waals surface area contributed by atoms with Crippen molar-refractivity contribution in [3.63, 3.8) is 0 Å². The van der Waals surface area contributed by atoms with Crippen molar-refractivity contribution in [3.05, 3.63) is 0 Å². The van der Waals surface area contributed by atoms with Crippen molar-refractivity contribution in [2.75, 3.05) is 25.8 Å². The van der Waals surface area contributed by atoms with Crippen LogP contribution in [0.3, 0.4) is 0 Å². The van der Waals surface area contributed by atoms with Gasteiger partial charge in [-0.05, 0) is 20.8 Å². The minimum absolute atomic E-state index is 0.0179. The van der Waals surface area contributed by atoms with Crippen molar-refractivity contribution in [1.29, 1.82) is 0 Å². The van der Waals surface area contributed by atoms with Crippen molar-refractivity contribution < 1.29 is 13.7 Å². The highest BCUT2D eigenvalue weighted by Crippen LogP contribution is 2.05. The first kappa shape index (κ1) is 14.6. The van der Waals surface area contributed by atoms with Gasteiger partial charge in [0.2, 0.25) is 0 Å². The van der Waals surface area contributed by atoms with Crippen LogP contribution in [0.1, 0.15) is 34.6 Å². The molecule has 0 aromatic heterocycles. The van der Waals surface area contributed by atoms with Crippen LogP contribution in [0.4, 0.5) is 0 Å². The van der Waals surface area contributed by atoms with Crippen LogP contribution in [-0.2, 0) is 9.22 Å². The minimum Gasteiger partial charge on any atom is -0.518 e. The lowest BCUT2D eigenvalue weighted by molar-refractivity contribution is -0.913. The van der Waals surface area contributed by atoms with E-state index in [1.54, 1.807) is 0 Å². The summed E-state index contributed by atoms with van der Waals surface area (Å²) in [4.78, 5) is 11.3. The van der Waals surface area contributed by atoms with E-state index in [2.05, 4.69) is 20.8 Å². The van der Waals surface area contributed by atoms with Gasteiger partial charge in [-0.1, -0.05) is 13.8 Å². The number of nitrogens with zero attached hydrogens (tertiary/aromatic N) is 1. The third-order valence-corrected chi connectivity index (χ3v) is 4.91. The Bertz CT molecular complexity index is 183. The Kier molecular flexibility index (Phi) is 6.84.